The Hall–Kier alpha value is -1.74. The number of rotatable bonds is 2. The lowest BCUT2D eigenvalue weighted by atomic mass is 10.2. The summed E-state index contributed by atoms with van der Waals surface area (Å²) in [6.45, 7) is 2.05. The molecule has 0 radical (unpaired) electrons. The Morgan fingerprint density at radius 3 is 2.71 bits per heavy atom. The Bertz CT molecular complexity index is 646. The van der Waals surface area contributed by atoms with Gasteiger partial charge in [-0.05, 0) is 48.5 Å². The molecule has 17 heavy (non-hydrogen) atoms. The Kier molecular flexibility index (Phi) is 2.61. The summed E-state index contributed by atoms with van der Waals surface area (Å²) in [5.41, 5.74) is 2.96. The molecule has 0 saturated carbocycles. The molecule has 0 amide bonds. The lowest BCUT2D eigenvalue weighted by molar-refractivity contribution is 0.489. The molecule has 2 aromatic carbocycles. The van der Waals surface area contributed by atoms with Crippen molar-refractivity contribution < 1.29 is 4.42 Å². The van der Waals surface area contributed by atoms with Gasteiger partial charge in [-0.1, -0.05) is 24.3 Å². The first-order valence-electron chi connectivity index (χ1n) is 5.41. The van der Waals surface area contributed by atoms with Crippen molar-refractivity contribution in [3.05, 3.63) is 54.1 Å². The zero-order valence-corrected chi connectivity index (χ0v) is 10.2. The van der Waals surface area contributed by atoms with Crippen molar-refractivity contribution in [2.75, 3.05) is 0 Å². The Morgan fingerprint density at radius 1 is 1.06 bits per heavy atom. The van der Waals surface area contributed by atoms with Gasteiger partial charge in [-0.2, -0.15) is 0 Å². The van der Waals surface area contributed by atoms with Crippen molar-refractivity contribution >= 4 is 22.9 Å². The second-order valence-electron chi connectivity index (χ2n) is 3.87. The molecule has 0 aliphatic carbocycles. The zero-order chi connectivity index (χ0) is 11.7. The average Bonchev–Trinajstić information content (AvgIpc) is 2.71. The van der Waals surface area contributed by atoms with Crippen molar-refractivity contribution in [3.8, 4) is 0 Å². The highest BCUT2D eigenvalue weighted by atomic mass is 32.2. The summed E-state index contributed by atoms with van der Waals surface area (Å²) in [6.07, 6.45) is 0. The molecule has 0 fully saturated rings. The van der Waals surface area contributed by atoms with Gasteiger partial charge >= 0.3 is 0 Å². The van der Waals surface area contributed by atoms with E-state index in [1.165, 1.54) is 5.56 Å². The molecule has 0 N–H and O–H groups in total. The highest BCUT2D eigenvalue weighted by molar-refractivity contribution is 7.99. The Balaban J connectivity index is 1.96. The normalized spacial score (nSPS) is 10.9. The minimum absolute atomic E-state index is 0.691. The first kappa shape index (κ1) is 10.4. The van der Waals surface area contributed by atoms with Crippen molar-refractivity contribution in [1.29, 1.82) is 0 Å². The molecule has 3 rings (SSSR count). The van der Waals surface area contributed by atoms with Gasteiger partial charge in [0.25, 0.3) is 5.22 Å². The first-order chi connectivity index (χ1) is 8.31. The van der Waals surface area contributed by atoms with Crippen LogP contribution in [0.4, 0.5) is 0 Å². The van der Waals surface area contributed by atoms with E-state index in [4.69, 9.17) is 4.42 Å². The summed E-state index contributed by atoms with van der Waals surface area (Å²) in [5, 5.41) is 0.691. The van der Waals surface area contributed by atoms with Crippen LogP contribution in [-0.2, 0) is 0 Å². The third-order valence-electron chi connectivity index (χ3n) is 2.47. The number of hydrogen-bond donors (Lipinski definition) is 0. The molecular weight excluding hydrogens is 230 g/mol. The van der Waals surface area contributed by atoms with Crippen LogP contribution in [0.3, 0.4) is 0 Å². The minimum atomic E-state index is 0.691. The molecule has 3 aromatic rings. The molecule has 0 spiro atoms. The third kappa shape index (κ3) is 2.19. The molecule has 0 unspecified atom stereocenters. The lowest BCUT2D eigenvalue weighted by Gasteiger charge is -1.93. The van der Waals surface area contributed by atoms with E-state index in [9.17, 15) is 0 Å². The van der Waals surface area contributed by atoms with E-state index in [2.05, 4.69) is 11.9 Å². The molecule has 2 nitrogen and oxygen atoms in total. The second-order valence-corrected chi connectivity index (χ2v) is 4.89. The molecule has 0 atom stereocenters. The number of oxazole rings is 1. The number of hydrogen-bond acceptors (Lipinski definition) is 3. The molecule has 0 aliphatic rings. The number of fused-ring (bicyclic) bond motifs is 1. The fourth-order valence-electron chi connectivity index (χ4n) is 1.65. The van der Waals surface area contributed by atoms with Crippen LogP contribution in [-0.4, -0.2) is 4.98 Å². The van der Waals surface area contributed by atoms with E-state index in [0.717, 1.165) is 16.0 Å². The molecule has 0 saturated heterocycles. The summed E-state index contributed by atoms with van der Waals surface area (Å²) in [5.74, 6) is 0. The quantitative estimate of drug-likeness (QED) is 0.669. The molecule has 84 valence electrons. The standard InChI is InChI=1S/C14H11NOS/c1-10-7-8-13-12(9-10)15-14(16-13)17-11-5-3-2-4-6-11/h2-9H,1H3. The predicted molar refractivity (Wildman–Crippen MR) is 69.3 cm³/mol. The van der Waals surface area contributed by atoms with Gasteiger partial charge in [0.2, 0.25) is 0 Å². The van der Waals surface area contributed by atoms with Gasteiger partial charge < -0.3 is 4.42 Å². The third-order valence-corrected chi connectivity index (χ3v) is 3.33. The van der Waals surface area contributed by atoms with Gasteiger partial charge in [-0.15, -0.1) is 0 Å². The van der Waals surface area contributed by atoms with Gasteiger partial charge in [0.05, 0.1) is 0 Å². The maximum absolute atomic E-state index is 5.68. The first-order valence-corrected chi connectivity index (χ1v) is 6.23. The summed E-state index contributed by atoms with van der Waals surface area (Å²) >= 11 is 1.54. The van der Waals surface area contributed by atoms with Gasteiger partial charge in [0.15, 0.2) is 5.58 Å². The van der Waals surface area contributed by atoms with E-state index < -0.39 is 0 Å². The summed E-state index contributed by atoms with van der Waals surface area (Å²) < 4.78 is 5.68. The van der Waals surface area contributed by atoms with Crippen LogP contribution in [0.15, 0.2) is 63.1 Å². The maximum atomic E-state index is 5.68. The van der Waals surface area contributed by atoms with Crippen molar-refractivity contribution in [1.82, 2.24) is 4.98 Å². The lowest BCUT2D eigenvalue weighted by Crippen LogP contribution is -1.73. The zero-order valence-electron chi connectivity index (χ0n) is 9.38. The van der Waals surface area contributed by atoms with E-state index in [1.807, 2.05) is 48.5 Å². The Labute approximate surface area is 104 Å². The van der Waals surface area contributed by atoms with Crippen molar-refractivity contribution in [2.24, 2.45) is 0 Å². The molecule has 3 heteroatoms. The average molecular weight is 241 g/mol. The van der Waals surface area contributed by atoms with E-state index in [-0.39, 0.29) is 0 Å². The van der Waals surface area contributed by atoms with Crippen LogP contribution in [0.1, 0.15) is 5.56 Å². The smallest absolute Gasteiger partial charge is 0.261 e. The van der Waals surface area contributed by atoms with Gasteiger partial charge in [0.1, 0.15) is 5.52 Å². The predicted octanol–water partition coefficient (Wildman–Crippen LogP) is 4.29. The van der Waals surface area contributed by atoms with Crippen molar-refractivity contribution in [2.45, 2.75) is 17.0 Å². The monoisotopic (exact) mass is 241 g/mol. The number of nitrogens with zero attached hydrogens (tertiary/aromatic N) is 1. The fraction of sp³-hybridized carbons (Fsp3) is 0.0714. The molecule has 1 aromatic heterocycles. The van der Waals surface area contributed by atoms with Crippen LogP contribution in [0.25, 0.3) is 11.1 Å². The summed E-state index contributed by atoms with van der Waals surface area (Å²) in [6, 6.07) is 16.1. The Morgan fingerprint density at radius 2 is 1.88 bits per heavy atom. The van der Waals surface area contributed by atoms with Crippen LogP contribution < -0.4 is 0 Å². The molecular formula is C14H11NOS. The molecule has 1 heterocycles. The van der Waals surface area contributed by atoms with Gasteiger partial charge in [-0.25, -0.2) is 4.98 Å². The van der Waals surface area contributed by atoms with Crippen LogP contribution in [0.5, 0.6) is 0 Å². The summed E-state index contributed by atoms with van der Waals surface area (Å²) in [7, 11) is 0. The maximum Gasteiger partial charge on any atom is 0.261 e. The van der Waals surface area contributed by atoms with Gasteiger partial charge in [0, 0.05) is 4.90 Å². The largest absolute Gasteiger partial charge is 0.431 e. The number of aromatic nitrogens is 1. The van der Waals surface area contributed by atoms with E-state index >= 15 is 0 Å². The molecule has 0 bridgehead atoms. The summed E-state index contributed by atoms with van der Waals surface area (Å²) in [4.78, 5) is 5.60. The fourth-order valence-corrected chi connectivity index (χ4v) is 2.42. The van der Waals surface area contributed by atoms with Crippen LogP contribution >= 0.6 is 11.8 Å². The molecule has 0 aliphatic heterocycles. The van der Waals surface area contributed by atoms with E-state index in [1.54, 1.807) is 11.8 Å². The van der Waals surface area contributed by atoms with Crippen molar-refractivity contribution in [3.63, 3.8) is 0 Å². The van der Waals surface area contributed by atoms with E-state index in [0.29, 0.717) is 5.22 Å². The highest BCUT2D eigenvalue weighted by Gasteiger charge is 2.06. The van der Waals surface area contributed by atoms with Crippen LogP contribution in [0.2, 0.25) is 0 Å². The minimum Gasteiger partial charge on any atom is -0.431 e. The van der Waals surface area contributed by atoms with Crippen LogP contribution in [0, 0.1) is 6.92 Å². The number of aryl methyl sites for hydroxylation is 1. The second kappa shape index (κ2) is 4.26. The highest BCUT2D eigenvalue weighted by Crippen LogP contribution is 2.29. The SMILES string of the molecule is Cc1ccc2oc(Sc3ccccc3)nc2c1. The topological polar surface area (TPSA) is 26.0 Å². The number of benzene rings is 2. The van der Waals surface area contributed by atoms with Gasteiger partial charge in [-0.3, -0.25) is 0 Å².